The van der Waals surface area contributed by atoms with Gasteiger partial charge in [-0.2, -0.15) is 0 Å². The molecule has 1 aromatic rings. The van der Waals surface area contributed by atoms with Crippen LogP contribution in [-0.4, -0.2) is 28.4 Å². The van der Waals surface area contributed by atoms with E-state index in [0.717, 1.165) is 62.8 Å². The summed E-state index contributed by atoms with van der Waals surface area (Å²) in [6.07, 6.45) is 16.5. The summed E-state index contributed by atoms with van der Waals surface area (Å²) in [5, 5.41) is 0. The number of Topliss-reactive ketones (excluding diaryl/α,β-unsaturated/α-hetero) is 1. The third-order valence-electron chi connectivity index (χ3n) is 14.3. The molecule has 4 fully saturated rings. The summed E-state index contributed by atoms with van der Waals surface area (Å²) < 4.78 is 7.57. The highest BCUT2D eigenvalue weighted by atomic mass is 16.5. The standard InChI is InChI=1S/C36H52N2O3/c1-22-12-15-36(31(40)41-9)17-16-34(7)26(29(36)23(22)2)10-11-28-33(6)20-25(21-38-19-18-37-24(38)3)30(39)32(4,5)27(33)13-14-35(28,34)8/h10,18-19,21-23,27-29H,11-17,20H2,1-9H3/b25-21-/t22-,23+,27?,28-,29+,33+,34-,35-,36+/m1/s1. The van der Waals surface area contributed by atoms with Gasteiger partial charge in [-0.25, -0.2) is 4.98 Å². The van der Waals surface area contributed by atoms with Gasteiger partial charge in [-0.3, -0.25) is 9.59 Å². The van der Waals surface area contributed by atoms with Gasteiger partial charge in [0.25, 0.3) is 0 Å². The van der Waals surface area contributed by atoms with Crippen molar-refractivity contribution in [2.45, 2.75) is 107 Å². The first-order chi connectivity index (χ1) is 19.2. The maximum atomic E-state index is 14.0. The Labute approximate surface area is 247 Å². The lowest BCUT2D eigenvalue weighted by atomic mass is 9.33. The van der Waals surface area contributed by atoms with Gasteiger partial charge in [0.2, 0.25) is 0 Å². The van der Waals surface area contributed by atoms with Crippen molar-refractivity contribution in [2.24, 2.45) is 56.7 Å². The fraction of sp³-hybridized carbons (Fsp3) is 0.750. The van der Waals surface area contributed by atoms with Crippen LogP contribution in [0.25, 0.3) is 6.20 Å². The highest BCUT2D eigenvalue weighted by Gasteiger charge is 2.70. The number of hydrogen-bond donors (Lipinski definition) is 0. The van der Waals surface area contributed by atoms with Crippen molar-refractivity contribution < 1.29 is 14.3 Å². The Balaban J connectivity index is 1.46. The zero-order valence-electron chi connectivity index (χ0n) is 27.0. The summed E-state index contributed by atoms with van der Waals surface area (Å²) in [6.45, 7) is 18.8. The Morgan fingerprint density at radius 2 is 1.78 bits per heavy atom. The Morgan fingerprint density at radius 1 is 1.05 bits per heavy atom. The van der Waals surface area contributed by atoms with Gasteiger partial charge in [-0.15, -0.1) is 0 Å². The number of aromatic nitrogens is 2. The maximum Gasteiger partial charge on any atom is 0.312 e. The van der Waals surface area contributed by atoms with Crippen LogP contribution in [0.2, 0.25) is 0 Å². The monoisotopic (exact) mass is 560 g/mol. The van der Waals surface area contributed by atoms with Crippen LogP contribution < -0.4 is 0 Å². The molecule has 41 heavy (non-hydrogen) atoms. The van der Waals surface area contributed by atoms with E-state index in [1.807, 2.05) is 23.9 Å². The van der Waals surface area contributed by atoms with Crippen LogP contribution in [0.15, 0.2) is 29.6 Å². The van der Waals surface area contributed by atoms with Crippen molar-refractivity contribution in [3.8, 4) is 0 Å². The van der Waals surface area contributed by atoms with Crippen LogP contribution in [-0.2, 0) is 14.3 Å². The number of esters is 1. The molecular weight excluding hydrogens is 508 g/mol. The number of ether oxygens (including phenoxy) is 1. The van der Waals surface area contributed by atoms with E-state index >= 15 is 0 Å². The molecule has 5 nitrogen and oxygen atoms in total. The van der Waals surface area contributed by atoms with E-state index in [1.165, 1.54) is 0 Å². The highest BCUT2D eigenvalue weighted by molar-refractivity contribution is 6.03. The van der Waals surface area contributed by atoms with Crippen molar-refractivity contribution >= 4 is 18.0 Å². The van der Waals surface area contributed by atoms with E-state index < -0.39 is 5.41 Å². The smallest absolute Gasteiger partial charge is 0.312 e. The van der Waals surface area contributed by atoms with Crippen LogP contribution in [0.1, 0.15) is 106 Å². The van der Waals surface area contributed by atoms with Crippen molar-refractivity contribution in [1.29, 1.82) is 0 Å². The summed E-state index contributed by atoms with van der Waals surface area (Å²) in [5.41, 5.74) is 1.88. The number of methoxy groups -OCH3 is 1. The highest BCUT2D eigenvalue weighted by Crippen LogP contribution is 2.75. The largest absolute Gasteiger partial charge is 0.469 e. The molecule has 1 unspecified atom stereocenters. The fourth-order valence-electron chi connectivity index (χ4n) is 11.7. The average molecular weight is 561 g/mol. The molecular formula is C36H52N2O3. The predicted octanol–water partition coefficient (Wildman–Crippen LogP) is 8.04. The number of ketones is 1. The molecule has 0 aromatic carbocycles. The Bertz CT molecular complexity index is 1340. The summed E-state index contributed by atoms with van der Waals surface area (Å²) in [7, 11) is 1.59. The summed E-state index contributed by atoms with van der Waals surface area (Å²) in [5.74, 6) is 3.38. The SMILES string of the molecule is COC(=O)[C@]12CC[C@@H](C)[C@H](C)[C@H]1C1=CC[C@@H]3[C@@]4(C)C/C(=C/n5ccnc5C)C(=O)C(C)(C)C4CC[C@@]3(C)[C@]1(C)CC2. The van der Waals surface area contributed by atoms with Gasteiger partial charge >= 0.3 is 5.97 Å². The lowest BCUT2D eigenvalue weighted by Crippen LogP contribution is -2.65. The second kappa shape index (κ2) is 9.16. The molecule has 0 radical (unpaired) electrons. The van der Waals surface area contributed by atoms with Crippen molar-refractivity contribution in [1.82, 2.24) is 9.55 Å². The molecule has 1 heterocycles. The molecule has 9 atom stereocenters. The van der Waals surface area contributed by atoms with E-state index in [0.29, 0.717) is 29.5 Å². The molecule has 0 N–H and O–H groups in total. The second-order valence-electron chi connectivity index (χ2n) is 16.1. The third-order valence-corrected chi connectivity index (χ3v) is 14.3. The van der Waals surface area contributed by atoms with E-state index in [4.69, 9.17) is 4.74 Å². The molecule has 5 aliphatic rings. The Hall–Kier alpha value is -2.17. The van der Waals surface area contributed by atoms with E-state index in [2.05, 4.69) is 65.7 Å². The minimum atomic E-state index is -0.403. The second-order valence-corrected chi connectivity index (χ2v) is 16.1. The number of rotatable bonds is 2. The molecule has 224 valence electrons. The van der Waals surface area contributed by atoms with Crippen molar-refractivity contribution in [2.75, 3.05) is 7.11 Å². The van der Waals surface area contributed by atoms with E-state index in [1.54, 1.807) is 12.7 Å². The van der Waals surface area contributed by atoms with E-state index in [9.17, 15) is 9.59 Å². The summed E-state index contributed by atoms with van der Waals surface area (Å²) in [4.78, 5) is 32.0. The molecule has 4 saturated carbocycles. The quantitative estimate of drug-likeness (QED) is 0.209. The lowest BCUT2D eigenvalue weighted by Gasteiger charge is -2.70. The Morgan fingerprint density at radius 3 is 2.44 bits per heavy atom. The van der Waals surface area contributed by atoms with Crippen LogP contribution in [0.5, 0.6) is 0 Å². The Kier molecular flexibility index (Phi) is 6.47. The van der Waals surface area contributed by atoms with Crippen LogP contribution in [0.3, 0.4) is 0 Å². The molecule has 0 bridgehead atoms. The first-order valence-corrected chi connectivity index (χ1v) is 16.2. The minimum absolute atomic E-state index is 0.0120. The first-order valence-electron chi connectivity index (χ1n) is 16.2. The zero-order valence-corrected chi connectivity index (χ0v) is 27.0. The summed E-state index contributed by atoms with van der Waals surface area (Å²) >= 11 is 0. The number of allylic oxidation sites excluding steroid dienone is 3. The topological polar surface area (TPSA) is 61.2 Å². The van der Waals surface area contributed by atoms with Crippen LogP contribution in [0.4, 0.5) is 0 Å². The van der Waals surface area contributed by atoms with Gasteiger partial charge in [0, 0.05) is 29.6 Å². The minimum Gasteiger partial charge on any atom is -0.469 e. The molecule has 5 heteroatoms. The number of nitrogens with zero attached hydrogens (tertiary/aromatic N) is 2. The van der Waals surface area contributed by atoms with Crippen LogP contribution in [0, 0.1) is 63.6 Å². The van der Waals surface area contributed by atoms with Gasteiger partial charge in [-0.1, -0.05) is 60.1 Å². The van der Waals surface area contributed by atoms with Crippen molar-refractivity contribution in [3.63, 3.8) is 0 Å². The number of aryl methyl sites for hydroxylation is 1. The number of fused-ring (bicyclic) bond motifs is 7. The number of carbonyl (C=O) groups is 2. The first kappa shape index (κ1) is 28.9. The molecule has 1 aromatic heterocycles. The van der Waals surface area contributed by atoms with Gasteiger partial charge in [0.05, 0.1) is 12.5 Å². The molecule has 5 aliphatic carbocycles. The van der Waals surface area contributed by atoms with Gasteiger partial charge in [-0.05, 0) is 104 Å². The van der Waals surface area contributed by atoms with Crippen molar-refractivity contribution in [3.05, 3.63) is 35.4 Å². The molecule has 0 spiro atoms. The normalized spacial score (nSPS) is 46.1. The number of hydrogen-bond acceptors (Lipinski definition) is 4. The molecule has 0 saturated heterocycles. The number of carbonyl (C=O) groups excluding carboxylic acids is 2. The van der Waals surface area contributed by atoms with Gasteiger partial charge in [0.1, 0.15) is 5.82 Å². The molecule has 6 rings (SSSR count). The van der Waals surface area contributed by atoms with Crippen LogP contribution >= 0.6 is 0 Å². The maximum absolute atomic E-state index is 14.0. The average Bonchev–Trinajstić information content (AvgIpc) is 3.33. The van der Waals surface area contributed by atoms with Gasteiger partial charge < -0.3 is 9.30 Å². The predicted molar refractivity (Wildman–Crippen MR) is 163 cm³/mol. The number of imidazole rings is 1. The third kappa shape index (κ3) is 3.62. The lowest BCUT2D eigenvalue weighted by molar-refractivity contribution is -0.187. The van der Waals surface area contributed by atoms with Gasteiger partial charge in [0.15, 0.2) is 5.78 Å². The summed E-state index contributed by atoms with van der Waals surface area (Å²) in [6, 6.07) is 0. The molecule has 0 aliphatic heterocycles. The zero-order chi connectivity index (χ0) is 29.8. The fourth-order valence-corrected chi connectivity index (χ4v) is 11.7. The molecule has 0 amide bonds. The van der Waals surface area contributed by atoms with E-state index in [-0.39, 0.29) is 33.5 Å².